The molecule has 1 aliphatic heterocycles. The van der Waals surface area contributed by atoms with Crippen molar-refractivity contribution in [2.45, 2.75) is 45.2 Å². The third-order valence-corrected chi connectivity index (χ3v) is 4.57. The molecule has 1 aliphatic carbocycles. The van der Waals surface area contributed by atoms with Crippen LogP contribution in [0, 0.1) is 18.7 Å². The van der Waals surface area contributed by atoms with Crippen LogP contribution in [0.15, 0.2) is 18.2 Å². The Bertz CT molecular complexity index is 448. The molecular formula is C17H25FN2. The first-order valence-electron chi connectivity index (χ1n) is 7.91. The number of rotatable bonds is 5. The van der Waals surface area contributed by atoms with Crippen molar-refractivity contribution >= 4 is 0 Å². The zero-order valence-electron chi connectivity index (χ0n) is 12.4. The van der Waals surface area contributed by atoms with Crippen molar-refractivity contribution in [2.24, 2.45) is 5.92 Å². The van der Waals surface area contributed by atoms with Gasteiger partial charge < -0.3 is 5.32 Å². The fourth-order valence-electron chi connectivity index (χ4n) is 3.02. The Balaban J connectivity index is 1.46. The van der Waals surface area contributed by atoms with Gasteiger partial charge in [-0.1, -0.05) is 17.7 Å². The number of hydrogen-bond donors (Lipinski definition) is 1. The van der Waals surface area contributed by atoms with Crippen LogP contribution < -0.4 is 5.32 Å². The lowest BCUT2D eigenvalue weighted by Crippen LogP contribution is -2.42. The monoisotopic (exact) mass is 276 g/mol. The third-order valence-electron chi connectivity index (χ3n) is 4.57. The van der Waals surface area contributed by atoms with E-state index < -0.39 is 0 Å². The van der Waals surface area contributed by atoms with Crippen LogP contribution in [0.1, 0.15) is 36.8 Å². The molecule has 2 aliphatic rings. The minimum absolute atomic E-state index is 0.0652. The molecule has 1 aromatic carbocycles. The molecule has 1 N–H and O–H groups in total. The lowest BCUT2D eigenvalue weighted by molar-refractivity contribution is 0.188. The highest BCUT2D eigenvalue weighted by atomic mass is 19.1. The van der Waals surface area contributed by atoms with Gasteiger partial charge in [0.15, 0.2) is 0 Å². The normalized spacial score (nSPS) is 21.3. The molecule has 2 fully saturated rings. The van der Waals surface area contributed by atoms with E-state index in [2.05, 4.69) is 10.2 Å². The molecule has 0 bridgehead atoms. The second-order valence-electron chi connectivity index (χ2n) is 6.50. The highest BCUT2D eigenvalue weighted by Gasteiger charge is 2.24. The highest BCUT2D eigenvalue weighted by Crippen LogP contribution is 2.28. The Morgan fingerprint density at radius 3 is 2.65 bits per heavy atom. The fourth-order valence-corrected chi connectivity index (χ4v) is 3.02. The third kappa shape index (κ3) is 3.80. The van der Waals surface area contributed by atoms with Gasteiger partial charge in [0.05, 0.1) is 0 Å². The SMILES string of the molecule is Cc1ccc(F)c(CN2CCC(NCC3CC3)CC2)c1. The molecule has 1 saturated heterocycles. The van der Waals surface area contributed by atoms with Crippen molar-refractivity contribution in [1.29, 1.82) is 0 Å². The number of nitrogens with one attached hydrogen (secondary N) is 1. The Morgan fingerprint density at radius 2 is 1.95 bits per heavy atom. The van der Waals surface area contributed by atoms with E-state index in [4.69, 9.17) is 0 Å². The molecule has 0 amide bonds. The maximum Gasteiger partial charge on any atom is 0.127 e. The minimum Gasteiger partial charge on any atom is -0.314 e. The second kappa shape index (κ2) is 6.23. The molecule has 110 valence electrons. The Hall–Kier alpha value is -0.930. The van der Waals surface area contributed by atoms with E-state index in [0.29, 0.717) is 6.04 Å². The summed E-state index contributed by atoms with van der Waals surface area (Å²) < 4.78 is 13.8. The molecule has 20 heavy (non-hydrogen) atoms. The Labute approximate surface area is 121 Å². The summed E-state index contributed by atoms with van der Waals surface area (Å²) >= 11 is 0. The lowest BCUT2D eigenvalue weighted by Gasteiger charge is -2.32. The average molecular weight is 276 g/mol. The summed E-state index contributed by atoms with van der Waals surface area (Å²) in [5.74, 6) is 0.888. The first-order valence-corrected chi connectivity index (χ1v) is 7.91. The molecule has 0 aromatic heterocycles. The van der Waals surface area contributed by atoms with Crippen molar-refractivity contribution in [3.05, 3.63) is 35.1 Å². The Kier molecular flexibility index (Phi) is 4.37. The first kappa shape index (κ1) is 14.0. The number of aryl methyl sites for hydroxylation is 1. The van der Waals surface area contributed by atoms with Gasteiger partial charge in [0.1, 0.15) is 5.82 Å². The molecule has 0 radical (unpaired) electrons. The molecule has 0 unspecified atom stereocenters. The standard InChI is InChI=1S/C17H25FN2/c1-13-2-5-17(18)15(10-13)12-20-8-6-16(7-9-20)19-11-14-3-4-14/h2,5,10,14,16,19H,3-4,6-9,11-12H2,1H3. The molecule has 3 rings (SSSR count). The first-order chi connectivity index (χ1) is 9.70. The number of nitrogens with zero attached hydrogens (tertiary/aromatic N) is 1. The van der Waals surface area contributed by atoms with Crippen LogP contribution >= 0.6 is 0 Å². The lowest BCUT2D eigenvalue weighted by atomic mass is 10.0. The van der Waals surface area contributed by atoms with E-state index in [9.17, 15) is 4.39 Å². The number of halogens is 1. The Morgan fingerprint density at radius 1 is 1.20 bits per heavy atom. The van der Waals surface area contributed by atoms with Gasteiger partial charge in [-0.05, 0) is 64.2 Å². The van der Waals surface area contributed by atoms with E-state index in [1.807, 2.05) is 19.1 Å². The van der Waals surface area contributed by atoms with E-state index in [-0.39, 0.29) is 5.82 Å². The van der Waals surface area contributed by atoms with Gasteiger partial charge in [-0.2, -0.15) is 0 Å². The van der Waals surface area contributed by atoms with E-state index in [1.54, 1.807) is 6.07 Å². The molecule has 1 saturated carbocycles. The predicted molar refractivity (Wildman–Crippen MR) is 80.2 cm³/mol. The summed E-state index contributed by atoms with van der Waals surface area (Å²) in [5.41, 5.74) is 1.98. The quantitative estimate of drug-likeness (QED) is 0.889. The van der Waals surface area contributed by atoms with Gasteiger partial charge in [0, 0.05) is 18.2 Å². The van der Waals surface area contributed by atoms with Crippen LogP contribution in [-0.2, 0) is 6.54 Å². The molecule has 0 spiro atoms. The van der Waals surface area contributed by atoms with Crippen LogP contribution in [-0.4, -0.2) is 30.6 Å². The summed E-state index contributed by atoms with van der Waals surface area (Å²) in [7, 11) is 0. The fraction of sp³-hybridized carbons (Fsp3) is 0.647. The number of benzene rings is 1. The topological polar surface area (TPSA) is 15.3 Å². The van der Waals surface area contributed by atoms with Crippen LogP contribution in [0.4, 0.5) is 4.39 Å². The number of likely N-dealkylation sites (tertiary alicyclic amines) is 1. The molecular weight excluding hydrogens is 251 g/mol. The molecule has 1 aromatic rings. The molecule has 3 heteroatoms. The van der Waals surface area contributed by atoms with Crippen molar-refractivity contribution in [3.8, 4) is 0 Å². The van der Waals surface area contributed by atoms with Crippen LogP contribution in [0.25, 0.3) is 0 Å². The molecule has 1 heterocycles. The summed E-state index contributed by atoms with van der Waals surface area (Å²) in [6, 6.07) is 6.09. The van der Waals surface area contributed by atoms with E-state index in [0.717, 1.165) is 36.7 Å². The molecule has 2 nitrogen and oxygen atoms in total. The highest BCUT2D eigenvalue weighted by molar-refractivity contribution is 5.24. The van der Waals surface area contributed by atoms with Crippen LogP contribution in [0.5, 0.6) is 0 Å². The van der Waals surface area contributed by atoms with Crippen LogP contribution in [0.2, 0.25) is 0 Å². The smallest absolute Gasteiger partial charge is 0.127 e. The zero-order chi connectivity index (χ0) is 13.9. The minimum atomic E-state index is -0.0652. The van der Waals surface area contributed by atoms with E-state index >= 15 is 0 Å². The maximum atomic E-state index is 13.8. The zero-order valence-corrected chi connectivity index (χ0v) is 12.4. The van der Waals surface area contributed by atoms with Crippen molar-refractivity contribution in [2.75, 3.05) is 19.6 Å². The second-order valence-corrected chi connectivity index (χ2v) is 6.50. The van der Waals surface area contributed by atoms with Gasteiger partial charge in [0.2, 0.25) is 0 Å². The summed E-state index contributed by atoms with van der Waals surface area (Å²) in [6.07, 6.45) is 5.22. The summed E-state index contributed by atoms with van der Waals surface area (Å²) in [6.45, 7) is 6.14. The predicted octanol–water partition coefficient (Wildman–Crippen LogP) is 3.10. The average Bonchev–Trinajstić information content (AvgIpc) is 3.26. The van der Waals surface area contributed by atoms with Crippen molar-refractivity contribution < 1.29 is 4.39 Å². The van der Waals surface area contributed by atoms with E-state index in [1.165, 1.54) is 32.2 Å². The largest absolute Gasteiger partial charge is 0.314 e. The van der Waals surface area contributed by atoms with Gasteiger partial charge in [-0.25, -0.2) is 4.39 Å². The number of hydrogen-bond acceptors (Lipinski definition) is 2. The number of piperidine rings is 1. The molecule has 0 atom stereocenters. The van der Waals surface area contributed by atoms with Crippen LogP contribution in [0.3, 0.4) is 0 Å². The summed E-state index contributed by atoms with van der Waals surface area (Å²) in [4.78, 5) is 2.38. The summed E-state index contributed by atoms with van der Waals surface area (Å²) in [5, 5.41) is 3.69. The van der Waals surface area contributed by atoms with Crippen molar-refractivity contribution in [1.82, 2.24) is 10.2 Å². The van der Waals surface area contributed by atoms with Gasteiger partial charge >= 0.3 is 0 Å². The van der Waals surface area contributed by atoms with Gasteiger partial charge in [-0.15, -0.1) is 0 Å². The van der Waals surface area contributed by atoms with Gasteiger partial charge in [0.25, 0.3) is 0 Å². The maximum absolute atomic E-state index is 13.8. The van der Waals surface area contributed by atoms with Gasteiger partial charge in [-0.3, -0.25) is 4.90 Å². The van der Waals surface area contributed by atoms with Crippen molar-refractivity contribution in [3.63, 3.8) is 0 Å².